The van der Waals surface area contributed by atoms with Crippen molar-refractivity contribution >= 4 is 23.9 Å². The maximum Gasteiger partial charge on any atom is 0.308 e. The first-order valence-corrected chi connectivity index (χ1v) is 7.16. The first-order valence-electron chi connectivity index (χ1n) is 7.16. The van der Waals surface area contributed by atoms with Crippen molar-refractivity contribution in [3.63, 3.8) is 0 Å². The van der Waals surface area contributed by atoms with E-state index >= 15 is 0 Å². The normalized spacial score (nSPS) is 17.4. The van der Waals surface area contributed by atoms with Gasteiger partial charge in [-0.05, 0) is 30.2 Å². The molecule has 1 unspecified atom stereocenters. The molecule has 1 fully saturated rings. The van der Waals surface area contributed by atoms with Crippen LogP contribution in [-0.2, 0) is 14.4 Å². The van der Waals surface area contributed by atoms with Crippen LogP contribution in [0, 0.1) is 5.92 Å². The molecule has 1 heterocycles. The second-order valence-electron chi connectivity index (χ2n) is 5.27. The minimum atomic E-state index is -0.865. The Balaban J connectivity index is 1.88. The van der Waals surface area contributed by atoms with Crippen molar-refractivity contribution < 1.29 is 24.2 Å². The molecule has 0 spiro atoms. The summed E-state index contributed by atoms with van der Waals surface area (Å²) in [6.07, 6.45) is 3.55. The van der Waals surface area contributed by atoms with Gasteiger partial charge in [0.25, 0.3) is 5.91 Å². The molecule has 0 radical (unpaired) electrons. The van der Waals surface area contributed by atoms with Crippen LogP contribution in [0.5, 0.6) is 5.75 Å². The zero-order chi connectivity index (χ0) is 16.8. The minimum absolute atomic E-state index is 0.187. The molecular weight excluding hydrogens is 300 g/mol. The minimum Gasteiger partial charge on any atom is -0.484 e. The number of aliphatic carboxylic acids is 1. The molecule has 0 aromatic heterocycles. The summed E-state index contributed by atoms with van der Waals surface area (Å²) in [5, 5.41) is 8.93. The number of hydrogen-bond acceptors (Lipinski definition) is 4. The van der Waals surface area contributed by atoms with E-state index < -0.39 is 17.8 Å². The number of carboxylic acid groups (broad SMARTS) is 1. The van der Waals surface area contributed by atoms with Crippen LogP contribution in [0.1, 0.15) is 12.0 Å². The van der Waals surface area contributed by atoms with Gasteiger partial charge in [0.1, 0.15) is 5.75 Å². The van der Waals surface area contributed by atoms with E-state index in [1.54, 1.807) is 30.3 Å². The molecule has 7 heteroatoms. The van der Waals surface area contributed by atoms with Crippen molar-refractivity contribution in [1.29, 1.82) is 0 Å². The number of carbonyl (C=O) groups is 3. The van der Waals surface area contributed by atoms with E-state index in [-0.39, 0.29) is 19.1 Å². The van der Waals surface area contributed by atoms with Crippen LogP contribution in [0.3, 0.4) is 0 Å². The first-order chi connectivity index (χ1) is 11.0. The van der Waals surface area contributed by atoms with Gasteiger partial charge in [0, 0.05) is 19.2 Å². The summed E-state index contributed by atoms with van der Waals surface area (Å²) in [5.41, 5.74) is 5.78. The molecule has 122 valence electrons. The highest BCUT2D eigenvalue weighted by molar-refractivity contribution is 5.92. The van der Waals surface area contributed by atoms with Crippen LogP contribution < -0.4 is 10.5 Å². The lowest BCUT2D eigenvalue weighted by atomic mass is 10.1. The third-order valence-electron chi connectivity index (χ3n) is 3.53. The van der Waals surface area contributed by atoms with E-state index in [1.807, 2.05) is 0 Å². The summed E-state index contributed by atoms with van der Waals surface area (Å²) in [5.74, 6) is -1.59. The van der Waals surface area contributed by atoms with E-state index in [9.17, 15) is 14.4 Å². The van der Waals surface area contributed by atoms with E-state index in [0.717, 1.165) is 5.56 Å². The van der Waals surface area contributed by atoms with Gasteiger partial charge in [-0.1, -0.05) is 12.1 Å². The average molecular weight is 318 g/mol. The van der Waals surface area contributed by atoms with Gasteiger partial charge in [0.2, 0.25) is 5.91 Å². The molecule has 1 aromatic carbocycles. The molecular formula is C16H18N2O5. The second-order valence-corrected chi connectivity index (χ2v) is 5.27. The number of likely N-dealkylation sites (tertiary alicyclic amines) is 1. The molecule has 23 heavy (non-hydrogen) atoms. The topological polar surface area (TPSA) is 110 Å². The molecule has 1 aromatic rings. The Morgan fingerprint density at radius 1 is 1.30 bits per heavy atom. The quantitative estimate of drug-likeness (QED) is 0.742. The van der Waals surface area contributed by atoms with E-state index in [2.05, 4.69) is 0 Å². The maximum absolute atomic E-state index is 12.0. The van der Waals surface area contributed by atoms with E-state index in [0.29, 0.717) is 18.7 Å². The molecule has 2 amide bonds. The summed E-state index contributed by atoms with van der Waals surface area (Å²) < 4.78 is 5.13. The average Bonchev–Trinajstić information content (AvgIpc) is 3.02. The Morgan fingerprint density at radius 3 is 2.57 bits per heavy atom. The number of ether oxygens (including phenoxy) is 1. The third-order valence-corrected chi connectivity index (χ3v) is 3.53. The Kier molecular flexibility index (Phi) is 5.35. The predicted molar refractivity (Wildman–Crippen MR) is 82.5 cm³/mol. The van der Waals surface area contributed by atoms with Gasteiger partial charge in [-0.2, -0.15) is 0 Å². The number of carbonyl (C=O) groups excluding carboxylic acids is 2. The fourth-order valence-corrected chi connectivity index (χ4v) is 2.26. The van der Waals surface area contributed by atoms with Crippen LogP contribution in [0.2, 0.25) is 0 Å². The van der Waals surface area contributed by atoms with Crippen molar-refractivity contribution in [2.45, 2.75) is 6.42 Å². The number of primary amides is 1. The predicted octanol–water partition coefficient (Wildman–Crippen LogP) is 0.497. The molecule has 0 aliphatic carbocycles. The molecule has 1 aliphatic heterocycles. The van der Waals surface area contributed by atoms with Crippen LogP contribution in [0.25, 0.3) is 6.08 Å². The molecule has 1 saturated heterocycles. The maximum atomic E-state index is 12.0. The van der Waals surface area contributed by atoms with Crippen molar-refractivity contribution in [1.82, 2.24) is 4.90 Å². The molecule has 7 nitrogen and oxygen atoms in total. The van der Waals surface area contributed by atoms with Gasteiger partial charge >= 0.3 is 5.97 Å². The number of nitrogens with two attached hydrogens (primary N) is 1. The zero-order valence-electron chi connectivity index (χ0n) is 12.5. The van der Waals surface area contributed by atoms with Crippen LogP contribution in [-0.4, -0.2) is 47.5 Å². The molecule has 1 aliphatic rings. The Hall–Kier alpha value is -2.83. The van der Waals surface area contributed by atoms with Crippen molar-refractivity contribution in [2.75, 3.05) is 19.7 Å². The summed E-state index contributed by atoms with van der Waals surface area (Å²) in [4.78, 5) is 35.0. The SMILES string of the molecule is NC(=O)COc1ccc(/C=C/C(=O)N2CCC(C(=O)O)C2)cc1. The highest BCUT2D eigenvalue weighted by Crippen LogP contribution is 2.17. The molecule has 3 N–H and O–H groups in total. The fraction of sp³-hybridized carbons (Fsp3) is 0.312. The standard InChI is InChI=1S/C16H18N2O5/c17-14(19)10-23-13-4-1-11(2-5-13)3-6-15(20)18-8-7-12(9-18)16(21)22/h1-6,12H,7-10H2,(H2,17,19)(H,21,22)/b6-3+. The summed E-state index contributed by atoms with van der Waals surface area (Å²) in [6, 6.07) is 6.82. The van der Waals surface area contributed by atoms with Gasteiger partial charge in [0.15, 0.2) is 6.61 Å². The molecule has 0 saturated carbocycles. The smallest absolute Gasteiger partial charge is 0.308 e. The fourth-order valence-electron chi connectivity index (χ4n) is 2.26. The van der Waals surface area contributed by atoms with Crippen molar-refractivity contribution in [3.8, 4) is 5.75 Å². The van der Waals surface area contributed by atoms with Gasteiger partial charge in [-0.3, -0.25) is 14.4 Å². The number of carboxylic acids is 1. The van der Waals surface area contributed by atoms with Crippen LogP contribution in [0.4, 0.5) is 0 Å². The van der Waals surface area contributed by atoms with Gasteiger partial charge in [-0.25, -0.2) is 0 Å². The third kappa shape index (κ3) is 4.84. The molecule has 2 rings (SSSR count). The Morgan fingerprint density at radius 2 is 2.00 bits per heavy atom. The second kappa shape index (κ2) is 7.44. The molecule has 1 atom stereocenters. The number of rotatable bonds is 6. The number of hydrogen-bond donors (Lipinski definition) is 2. The Labute approximate surface area is 133 Å². The first kappa shape index (κ1) is 16.5. The van der Waals surface area contributed by atoms with Gasteiger partial charge in [-0.15, -0.1) is 0 Å². The lowest BCUT2D eigenvalue weighted by Gasteiger charge is -2.12. The van der Waals surface area contributed by atoms with E-state index in [1.165, 1.54) is 11.0 Å². The number of amides is 2. The largest absolute Gasteiger partial charge is 0.484 e. The Bertz CT molecular complexity index is 624. The number of benzene rings is 1. The monoisotopic (exact) mass is 318 g/mol. The summed E-state index contributed by atoms with van der Waals surface area (Å²) in [6.45, 7) is 0.520. The number of nitrogens with zero attached hydrogens (tertiary/aromatic N) is 1. The lowest BCUT2D eigenvalue weighted by Crippen LogP contribution is -2.28. The highest BCUT2D eigenvalue weighted by Gasteiger charge is 2.29. The molecule has 0 bridgehead atoms. The van der Waals surface area contributed by atoms with E-state index in [4.69, 9.17) is 15.6 Å². The summed E-state index contributed by atoms with van der Waals surface area (Å²) >= 11 is 0. The highest BCUT2D eigenvalue weighted by atomic mass is 16.5. The van der Waals surface area contributed by atoms with Gasteiger partial charge in [0.05, 0.1) is 5.92 Å². The lowest BCUT2D eigenvalue weighted by molar-refractivity contribution is -0.141. The van der Waals surface area contributed by atoms with Crippen LogP contribution >= 0.6 is 0 Å². The van der Waals surface area contributed by atoms with Gasteiger partial charge < -0.3 is 20.5 Å². The zero-order valence-corrected chi connectivity index (χ0v) is 12.5. The summed E-state index contributed by atoms with van der Waals surface area (Å²) in [7, 11) is 0. The van der Waals surface area contributed by atoms with Crippen LogP contribution in [0.15, 0.2) is 30.3 Å². The van der Waals surface area contributed by atoms with Crippen molar-refractivity contribution in [3.05, 3.63) is 35.9 Å². The van der Waals surface area contributed by atoms with Crippen molar-refractivity contribution in [2.24, 2.45) is 11.7 Å².